The Bertz CT molecular complexity index is 1350. The number of aliphatic imine (C=N–C) groups is 1. The lowest BCUT2D eigenvalue weighted by Crippen LogP contribution is -2.08. The fraction of sp³-hybridized carbons (Fsp3) is 0.0833. The standard InChI is InChI=1S/C24H15BrI2N2O5/c1-13-17(3-2-4-21(13)29(31)32)23-28-20(24(30)34-23)11-15-9-18(26)22(19(27)10-15)33-12-14-5-7-16(25)8-6-14/h2-11H,12H2,1H3/b20-11-. The molecule has 0 radical (unpaired) electrons. The van der Waals surface area contributed by atoms with E-state index in [1.807, 2.05) is 36.4 Å². The average molecular weight is 745 g/mol. The second kappa shape index (κ2) is 10.5. The highest BCUT2D eigenvalue weighted by molar-refractivity contribution is 14.1. The molecule has 10 heteroatoms. The predicted octanol–water partition coefficient (Wildman–Crippen LogP) is 6.80. The molecular formula is C24H15BrI2N2O5. The van der Waals surface area contributed by atoms with Crippen LogP contribution in [0.4, 0.5) is 5.69 Å². The van der Waals surface area contributed by atoms with Crippen molar-refractivity contribution in [2.45, 2.75) is 13.5 Å². The maximum Gasteiger partial charge on any atom is 0.363 e. The molecule has 0 atom stereocenters. The molecule has 1 heterocycles. The summed E-state index contributed by atoms with van der Waals surface area (Å²) in [6, 6.07) is 16.3. The van der Waals surface area contributed by atoms with Gasteiger partial charge in [0.15, 0.2) is 5.70 Å². The van der Waals surface area contributed by atoms with Crippen molar-refractivity contribution in [2.75, 3.05) is 0 Å². The van der Waals surface area contributed by atoms with Crippen LogP contribution in [0.15, 0.2) is 69.8 Å². The van der Waals surface area contributed by atoms with Gasteiger partial charge in [-0.3, -0.25) is 10.1 Å². The summed E-state index contributed by atoms with van der Waals surface area (Å²) in [6.45, 7) is 2.03. The Labute approximate surface area is 230 Å². The number of hydrogen-bond donors (Lipinski definition) is 0. The number of carbonyl (C=O) groups excluding carboxylic acids is 1. The molecular weight excluding hydrogens is 730 g/mol. The van der Waals surface area contributed by atoms with Crippen molar-refractivity contribution in [3.8, 4) is 5.75 Å². The van der Waals surface area contributed by atoms with Crippen molar-refractivity contribution < 1.29 is 19.2 Å². The molecule has 0 aromatic heterocycles. The SMILES string of the molecule is Cc1c(C2=N/C(=C\c3cc(I)c(OCc4ccc(Br)cc4)c(I)c3)C(=O)O2)cccc1[N+](=O)[O-]. The predicted molar refractivity (Wildman–Crippen MR) is 149 cm³/mol. The summed E-state index contributed by atoms with van der Waals surface area (Å²) in [5, 5.41) is 11.2. The lowest BCUT2D eigenvalue weighted by molar-refractivity contribution is -0.385. The van der Waals surface area contributed by atoms with Gasteiger partial charge in [0, 0.05) is 21.7 Å². The fourth-order valence-corrected chi connectivity index (χ4v) is 5.66. The van der Waals surface area contributed by atoms with Gasteiger partial charge in [-0.2, -0.15) is 0 Å². The summed E-state index contributed by atoms with van der Waals surface area (Å²) in [5.74, 6) is 0.203. The normalized spacial score (nSPS) is 14.2. The highest BCUT2D eigenvalue weighted by Gasteiger charge is 2.27. The molecule has 3 aromatic rings. The third-order valence-corrected chi connectivity index (χ3v) is 7.10. The molecule has 0 saturated heterocycles. The van der Waals surface area contributed by atoms with Crippen LogP contribution < -0.4 is 4.74 Å². The summed E-state index contributed by atoms with van der Waals surface area (Å²) in [5.41, 5.74) is 2.67. The number of nitrogens with zero attached hydrogens (tertiary/aromatic N) is 2. The minimum Gasteiger partial charge on any atom is -0.487 e. The van der Waals surface area contributed by atoms with Crippen molar-refractivity contribution in [3.05, 3.63) is 104 Å². The second-order valence-corrected chi connectivity index (χ2v) is 10.5. The molecule has 0 N–H and O–H groups in total. The number of carbonyl (C=O) groups is 1. The summed E-state index contributed by atoms with van der Waals surface area (Å²) in [7, 11) is 0. The number of cyclic esters (lactones) is 1. The first-order chi connectivity index (χ1) is 16.2. The van der Waals surface area contributed by atoms with Crippen LogP contribution in [0.2, 0.25) is 0 Å². The van der Waals surface area contributed by atoms with Gasteiger partial charge in [0.25, 0.3) is 5.69 Å². The zero-order valence-electron chi connectivity index (χ0n) is 17.6. The molecule has 0 saturated carbocycles. The fourth-order valence-electron chi connectivity index (χ4n) is 3.27. The van der Waals surface area contributed by atoms with E-state index in [-0.39, 0.29) is 17.3 Å². The molecule has 0 bridgehead atoms. The van der Waals surface area contributed by atoms with Gasteiger partial charge in [0.05, 0.1) is 12.1 Å². The first-order valence-electron chi connectivity index (χ1n) is 9.86. The Morgan fingerprint density at radius 3 is 2.47 bits per heavy atom. The first-order valence-corrected chi connectivity index (χ1v) is 12.8. The summed E-state index contributed by atoms with van der Waals surface area (Å²) < 4.78 is 14.1. The second-order valence-electron chi connectivity index (χ2n) is 7.27. The topological polar surface area (TPSA) is 91.0 Å². The smallest absolute Gasteiger partial charge is 0.363 e. The number of hydrogen-bond acceptors (Lipinski definition) is 6. The van der Waals surface area contributed by atoms with E-state index in [4.69, 9.17) is 9.47 Å². The van der Waals surface area contributed by atoms with Gasteiger partial charge in [0.2, 0.25) is 5.90 Å². The highest BCUT2D eigenvalue weighted by Crippen LogP contribution is 2.32. The van der Waals surface area contributed by atoms with E-state index in [9.17, 15) is 14.9 Å². The number of esters is 1. The van der Waals surface area contributed by atoms with Crippen LogP contribution >= 0.6 is 61.1 Å². The molecule has 0 fully saturated rings. The lowest BCUT2D eigenvalue weighted by Gasteiger charge is -2.11. The quantitative estimate of drug-likeness (QED) is 0.0912. The monoisotopic (exact) mass is 744 g/mol. The Kier molecular flexibility index (Phi) is 7.67. The minimum atomic E-state index is -0.610. The van der Waals surface area contributed by atoms with Crippen LogP contribution in [0.3, 0.4) is 0 Å². The molecule has 4 rings (SSSR count). The molecule has 0 spiro atoms. The third-order valence-electron chi connectivity index (χ3n) is 4.97. The Morgan fingerprint density at radius 1 is 1.15 bits per heavy atom. The molecule has 34 heavy (non-hydrogen) atoms. The van der Waals surface area contributed by atoms with Gasteiger partial charge in [-0.1, -0.05) is 34.1 Å². The van der Waals surface area contributed by atoms with Crippen LogP contribution in [-0.2, 0) is 16.1 Å². The maximum atomic E-state index is 12.4. The van der Waals surface area contributed by atoms with Crippen LogP contribution in [0.25, 0.3) is 6.08 Å². The van der Waals surface area contributed by atoms with Gasteiger partial charge < -0.3 is 9.47 Å². The molecule has 1 aliphatic heterocycles. The van der Waals surface area contributed by atoms with Gasteiger partial charge in [-0.15, -0.1) is 0 Å². The van der Waals surface area contributed by atoms with Crippen molar-refractivity contribution in [3.63, 3.8) is 0 Å². The van der Waals surface area contributed by atoms with E-state index in [0.29, 0.717) is 17.7 Å². The first kappa shape index (κ1) is 24.8. The van der Waals surface area contributed by atoms with E-state index in [0.717, 1.165) is 28.5 Å². The zero-order valence-corrected chi connectivity index (χ0v) is 23.5. The molecule has 0 aliphatic carbocycles. The highest BCUT2D eigenvalue weighted by atomic mass is 127. The lowest BCUT2D eigenvalue weighted by atomic mass is 10.1. The molecule has 1 aliphatic rings. The van der Waals surface area contributed by atoms with E-state index in [2.05, 4.69) is 66.1 Å². The molecule has 0 amide bonds. The van der Waals surface area contributed by atoms with E-state index in [1.165, 1.54) is 12.1 Å². The number of ether oxygens (including phenoxy) is 2. The van der Waals surface area contributed by atoms with Crippen LogP contribution in [-0.4, -0.2) is 16.8 Å². The van der Waals surface area contributed by atoms with E-state index < -0.39 is 10.9 Å². The van der Waals surface area contributed by atoms with Crippen molar-refractivity contribution in [1.29, 1.82) is 0 Å². The molecule has 0 unspecified atom stereocenters. The molecule has 3 aromatic carbocycles. The summed E-state index contributed by atoms with van der Waals surface area (Å²) in [6.07, 6.45) is 1.63. The number of nitro benzene ring substituents is 1. The summed E-state index contributed by atoms with van der Waals surface area (Å²) in [4.78, 5) is 27.5. The molecule has 172 valence electrons. The van der Waals surface area contributed by atoms with Crippen LogP contribution in [0.5, 0.6) is 5.75 Å². The largest absolute Gasteiger partial charge is 0.487 e. The van der Waals surface area contributed by atoms with Gasteiger partial charge in [0.1, 0.15) is 12.4 Å². The van der Waals surface area contributed by atoms with Gasteiger partial charge >= 0.3 is 5.97 Å². The van der Waals surface area contributed by atoms with Crippen molar-refractivity contribution in [1.82, 2.24) is 0 Å². The van der Waals surface area contributed by atoms with E-state index in [1.54, 1.807) is 19.1 Å². The number of benzene rings is 3. The maximum absolute atomic E-state index is 12.4. The third kappa shape index (κ3) is 5.49. The summed E-state index contributed by atoms with van der Waals surface area (Å²) >= 11 is 7.82. The Balaban J connectivity index is 1.58. The van der Waals surface area contributed by atoms with Crippen molar-refractivity contribution in [2.24, 2.45) is 4.99 Å². The number of halogens is 3. The van der Waals surface area contributed by atoms with Gasteiger partial charge in [-0.05, 0) is 99.6 Å². The Morgan fingerprint density at radius 2 is 1.82 bits per heavy atom. The Hall–Kier alpha value is -2.32. The van der Waals surface area contributed by atoms with Crippen LogP contribution in [0, 0.1) is 24.2 Å². The van der Waals surface area contributed by atoms with Gasteiger partial charge in [-0.25, -0.2) is 9.79 Å². The van der Waals surface area contributed by atoms with E-state index >= 15 is 0 Å². The minimum absolute atomic E-state index is 0.0521. The molecule has 7 nitrogen and oxygen atoms in total. The zero-order chi connectivity index (χ0) is 24.4. The van der Waals surface area contributed by atoms with Crippen molar-refractivity contribution >= 4 is 84.7 Å². The van der Waals surface area contributed by atoms with Crippen LogP contribution in [0.1, 0.15) is 22.3 Å². The number of nitro groups is 1. The number of rotatable bonds is 6. The average Bonchev–Trinajstić information content (AvgIpc) is 3.14.